The number of aliphatic hydroxyl groups excluding tert-OH is 1. The van der Waals surface area contributed by atoms with Gasteiger partial charge in [-0.05, 0) is 20.8 Å². The second kappa shape index (κ2) is 13.5. The maximum atomic E-state index is 13.6. The third-order valence-electron chi connectivity index (χ3n) is 5.51. The molecule has 2 heterocycles. The number of ether oxygens (including phenoxy) is 2. The molecule has 1 aromatic heterocycles. The monoisotopic (exact) mass is 579 g/mol. The first-order valence-corrected chi connectivity index (χ1v) is 14.8. The van der Waals surface area contributed by atoms with Crippen molar-refractivity contribution in [2.45, 2.75) is 79.0 Å². The molecule has 0 saturated carbocycles. The molecule has 216 valence electrons. The molecule has 3 N–H and O–H groups in total. The second-order valence-corrected chi connectivity index (χ2v) is 13.1. The summed E-state index contributed by atoms with van der Waals surface area (Å²) >= 11 is 1.03. The van der Waals surface area contributed by atoms with Crippen molar-refractivity contribution in [2.24, 2.45) is 11.3 Å². The zero-order chi connectivity index (χ0) is 28.8. The van der Waals surface area contributed by atoms with Crippen molar-refractivity contribution in [2.75, 3.05) is 19.0 Å². The molecule has 0 amide bonds. The molecule has 13 nitrogen and oxygen atoms in total. The van der Waals surface area contributed by atoms with E-state index in [-0.39, 0.29) is 24.1 Å². The van der Waals surface area contributed by atoms with E-state index in [1.807, 2.05) is 0 Å². The van der Waals surface area contributed by atoms with Gasteiger partial charge in [-0.15, -0.1) is 0 Å². The van der Waals surface area contributed by atoms with Crippen LogP contribution in [-0.4, -0.2) is 69.1 Å². The van der Waals surface area contributed by atoms with Crippen LogP contribution >= 0.6 is 19.5 Å². The fourth-order valence-corrected chi connectivity index (χ4v) is 5.71. The predicted octanol–water partition coefficient (Wildman–Crippen LogP) is 1.81. The zero-order valence-corrected chi connectivity index (χ0v) is 24.4. The van der Waals surface area contributed by atoms with Crippen LogP contribution in [0.4, 0.5) is 0 Å². The SMILES string of the molecule is CC(C)OC(=O)[C@@H](C)N[P@](=O)(OCCSC(=O)C(C)(C)C)OC[C@H]1O[C@@H](n2ccc(=O)[nH]c2=O)[C@H](O)[C@@H]1C. The van der Waals surface area contributed by atoms with Crippen LogP contribution in [0.15, 0.2) is 21.9 Å². The van der Waals surface area contributed by atoms with E-state index in [0.717, 1.165) is 22.4 Å². The van der Waals surface area contributed by atoms with Gasteiger partial charge in [0.15, 0.2) is 11.3 Å². The second-order valence-electron chi connectivity index (χ2n) is 10.3. The number of hydrogen-bond donors (Lipinski definition) is 3. The number of thioether (sulfide) groups is 1. The highest BCUT2D eigenvalue weighted by Crippen LogP contribution is 2.46. The Kier molecular flexibility index (Phi) is 11.5. The lowest BCUT2D eigenvalue weighted by Crippen LogP contribution is -2.36. The highest BCUT2D eigenvalue weighted by Gasteiger charge is 2.44. The Morgan fingerprint density at radius 2 is 1.92 bits per heavy atom. The van der Waals surface area contributed by atoms with Crippen LogP contribution in [-0.2, 0) is 32.7 Å². The van der Waals surface area contributed by atoms with Gasteiger partial charge in [0, 0.05) is 29.3 Å². The van der Waals surface area contributed by atoms with Gasteiger partial charge < -0.3 is 14.6 Å². The fraction of sp³-hybridized carbons (Fsp3) is 0.739. The number of hydrogen-bond acceptors (Lipinski definition) is 11. The maximum Gasteiger partial charge on any atom is 0.406 e. The number of carbonyl (C=O) groups excluding carboxylic acids is 2. The van der Waals surface area contributed by atoms with Crippen molar-refractivity contribution in [3.63, 3.8) is 0 Å². The van der Waals surface area contributed by atoms with Crippen LogP contribution in [0.2, 0.25) is 0 Å². The Morgan fingerprint density at radius 3 is 2.50 bits per heavy atom. The lowest BCUT2D eigenvalue weighted by Gasteiger charge is -2.25. The molecule has 0 radical (unpaired) electrons. The van der Waals surface area contributed by atoms with Crippen LogP contribution in [0.25, 0.3) is 0 Å². The first-order chi connectivity index (χ1) is 17.5. The number of aromatic amines is 1. The highest BCUT2D eigenvalue weighted by atomic mass is 32.2. The average molecular weight is 580 g/mol. The minimum absolute atomic E-state index is 0.0654. The van der Waals surface area contributed by atoms with Crippen molar-refractivity contribution < 1.29 is 37.8 Å². The van der Waals surface area contributed by atoms with Crippen LogP contribution in [0.5, 0.6) is 0 Å². The van der Waals surface area contributed by atoms with E-state index in [0.29, 0.717) is 0 Å². The van der Waals surface area contributed by atoms with E-state index < -0.39 is 66.9 Å². The third-order valence-corrected chi connectivity index (χ3v) is 8.47. The van der Waals surface area contributed by atoms with Gasteiger partial charge in [0.2, 0.25) is 0 Å². The number of rotatable bonds is 12. The first-order valence-electron chi connectivity index (χ1n) is 12.2. The largest absolute Gasteiger partial charge is 0.462 e. The van der Waals surface area contributed by atoms with Gasteiger partial charge in [-0.1, -0.05) is 39.5 Å². The van der Waals surface area contributed by atoms with Crippen LogP contribution < -0.4 is 16.3 Å². The molecule has 1 aromatic rings. The minimum atomic E-state index is -4.13. The summed E-state index contributed by atoms with van der Waals surface area (Å²) in [4.78, 5) is 50.1. The number of carbonyl (C=O) groups is 2. The lowest BCUT2D eigenvalue weighted by atomic mass is 10.00. The van der Waals surface area contributed by atoms with Crippen molar-refractivity contribution in [1.29, 1.82) is 0 Å². The summed E-state index contributed by atoms with van der Waals surface area (Å²) in [5, 5.41) is 13.1. The summed E-state index contributed by atoms with van der Waals surface area (Å²) < 4.78 is 36.7. The molecule has 0 aliphatic carbocycles. The smallest absolute Gasteiger partial charge is 0.406 e. The lowest BCUT2D eigenvalue weighted by molar-refractivity contribution is -0.149. The molecular weight excluding hydrogens is 541 g/mol. The Bertz CT molecular complexity index is 1130. The Labute approximate surface area is 225 Å². The van der Waals surface area contributed by atoms with E-state index in [2.05, 4.69) is 10.1 Å². The van der Waals surface area contributed by atoms with E-state index in [4.69, 9.17) is 18.5 Å². The predicted molar refractivity (Wildman–Crippen MR) is 141 cm³/mol. The number of esters is 1. The number of nitrogens with one attached hydrogen (secondary N) is 2. The number of aliphatic hydroxyl groups is 1. The standard InChI is InChI=1S/C23H38N3O10PS/c1-13(2)35-20(29)15(4)25-37(32,33-10-11-38-21(30)23(5,6)7)34-12-16-14(3)18(28)19(36-16)26-9-8-17(27)24-22(26)31/h8-9,13-16,18-19,28H,10-12H2,1-7H3,(H,25,32)(H,24,27,31)/t14-,15-,16-,18-,19-,37+/m1/s1. The number of H-pyrrole nitrogens is 1. The third kappa shape index (κ3) is 9.15. The molecule has 15 heteroatoms. The van der Waals surface area contributed by atoms with Crippen LogP contribution in [0.3, 0.4) is 0 Å². The maximum absolute atomic E-state index is 13.6. The van der Waals surface area contributed by atoms with Crippen molar-refractivity contribution in [3.05, 3.63) is 33.1 Å². The average Bonchev–Trinajstić information content (AvgIpc) is 3.08. The molecular formula is C23H38N3O10PS. The topological polar surface area (TPSA) is 175 Å². The molecule has 2 rings (SSSR count). The van der Waals surface area contributed by atoms with Crippen LogP contribution in [0, 0.1) is 11.3 Å². The van der Waals surface area contributed by atoms with E-state index in [1.54, 1.807) is 41.5 Å². The molecule has 0 spiro atoms. The normalized spacial score (nSPS) is 24.2. The summed E-state index contributed by atoms with van der Waals surface area (Å²) in [7, 11) is -4.13. The van der Waals surface area contributed by atoms with E-state index in [1.165, 1.54) is 13.1 Å². The van der Waals surface area contributed by atoms with Crippen LogP contribution in [0.1, 0.15) is 54.7 Å². The fourth-order valence-electron chi connectivity index (χ4n) is 3.33. The molecule has 0 bridgehead atoms. The molecule has 0 unspecified atom stereocenters. The van der Waals surface area contributed by atoms with Crippen molar-refractivity contribution in [3.8, 4) is 0 Å². The van der Waals surface area contributed by atoms with Gasteiger partial charge in [0.05, 0.1) is 25.4 Å². The van der Waals surface area contributed by atoms with E-state index in [9.17, 15) is 28.8 Å². The van der Waals surface area contributed by atoms with Crippen molar-refractivity contribution in [1.82, 2.24) is 14.6 Å². The number of aromatic nitrogens is 2. The van der Waals surface area contributed by atoms with Crippen molar-refractivity contribution >= 4 is 30.6 Å². The molecule has 1 aliphatic rings. The van der Waals surface area contributed by atoms with E-state index >= 15 is 0 Å². The highest BCUT2D eigenvalue weighted by molar-refractivity contribution is 8.13. The molecule has 1 fully saturated rings. The summed E-state index contributed by atoms with van der Waals surface area (Å²) in [6.07, 6.45) is -2.26. The van der Waals surface area contributed by atoms with Gasteiger partial charge >= 0.3 is 19.4 Å². The summed E-state index contributed by atoms with van der Waals surface area (Å²) in [6, 6.07) is 0.0740. The van der Waals surface area contributed by atoms with Gasteiger partial charge in [0.1, 0.15) is 12.1 Å². The summed E-state index contributed by atoms with van der Waals surface area (Å²) in [5.74, 6) is -1.03. The quantitative estimate of drug-likeness (QED) is 0.186. The van der Waals surface area contributed by atoms with Gasteiger partial charge in [-0.25, -0.2) is 14.4 Å². The van der Waals surface area contributed by atoms with Gasteiger partial charge in [0.25, 0.3) is 5.56 Å². The van der Waals surface area contributed by atoms with Gasteiger partial charge in [-0.3, -0.25) is 33.0 Å². The zero-order valence-electron chi connectivity index (χ0n) is 22.7. The Balaban J connectivity index is 2.11. The first kappa shape index (κ1) is 32.4. The molecule has 1 aliphatic heterocycles. The molecule has 1 saturated heterocycles. The molecule has 6 atom stereocenters. The Hall–Kier alpha value is -1.80. The molecule has 0 aromatic carbocycles. The summed E-state index contributed by atoms with van der Waals surface area (Å²) in [5.41, 5.74) is -1.91. The van der Waals surface area contributed by atoms with Gasteiger partial charge in [-0.2, -0.15) is 0 Å². The summed E-state index contributed by atoms with van der Waals surface area (Å²) in [6.45, 7) is 11.4. The Morgan fingerprint density at radius 1 is 1.26 bits per heavy atom. The number of nitrogens with zero attached hydrogens (tertiary/aromatic N) is 1. The molecule has 38 heavy (non-hydrogen) atoms. The minimum Gasteiger partial charge on any atom is -0.462 e.